The molecule has 0 saturated carbocycles. The third-order valence-corrected chi connectivity index (χ3v) is 4.86. The number of hydrogen-bond acceptors (Lipinski definition) is 1. The van der Waals surface area contributed by atoms with Gasteiger partial charge in [0.25, 0.3) is 0 Å². The molecule has 1 rings (SSSR count). The zero-order valence-corrected chi connectivity index (χ0v) is 15.6. The average molecular weight is 321 g/mol. The first-order valence-electron chi connectivity index (χ1n) is 9.55. The highest BCUT2D eigenvalue weighted by molar-refractivity contribution is 7.79. The summed E-state index contributed by atoms with van der Waals surface area (Å²) in [7, 11) is 0. The zero-order chi connectivity index (χ0) is 15.9. The lowest BCUT2D eigenvalue weighted by Gasteiger charge is -2.04. The minimum Gasteiger partial charge on any atom is -0.175 e. The van der Waals surface area contributed by atoms with Crippen LogP contribution >= 0.6 is 12.6 Å². The molecule has 0 saturated heterocycles. The third kappa shape index (κ3) is 10.3. The van der Waals surface area contributed by atoms with Crippen LogP contribution in [0.3, 0.4) is 0 Å². The molecule has 0 spiro atoms. The lowest BCUT2D eigenvalue weighted by Crippen LogP contribution is -1.88. The summed E-state index contributed by atoms with van der Waals surface area (Å²) in [6.07, 6.45) is 18.3. The molecule has 1 aromatic rings. The Labute approximate surface area is 144 Å². The fourth-order valence-corrected chi connectivity index (χ4v) is 3.25. The lowest BCUT2D eigenvalue weighted by atomic mass is 10.0. The van der Waals surface area contributed by atoms with Crippen molar-refractivity contribution >= 4 is 12.6 Å². The summed E-state index contributed by atoms with van der Waals surface area (Å²) in [5.41, 5.74) is 2.83. The van der Waals surface area contributed by atoms with E-state index in [4.69, 9.17) is 0 Å². The van der Waals surface area contributed by atoms with Crippen molar-refractivity contribution in [1.82, 2.24) is 0 Å². The van der Waals surface area contributed by atoms with Crippen LogP contribution in [0.4, 0.5) is 0 Å². The van der Waals surface area contributed by atoms with Crippen LogP contribution in [-0.2, 0) is 12.2 Å². The van der Waals surface area contributed by atoms with Crippen LogP contribution in [0.5, 0.6) is 0 Å². The highest BCUT2D eigenvalue weighted by atomic mass is 32.1. The first kappa shape index (κ1) is 19.6. The van der Waals surface area contributed by atoms with Crippen LogP contribution in [0.2, 0.25) is 0 Å². The van der Waals surface area contributed by atoms with Gasteiger partial charge < -0.3 is 0 Å². The number of aryl methyl sites for hydroxylation is 1. The molecule has 0 amide bonds. The number of thiol groups is 1. The van der Waals surface area contributed by atoms with Crippen molar-refractivity contribution in [1.29, 1.82) is 0 Å². The Balaban J connectivity index is 1.87. The van der Waals surface area contributed by atoms with Crippen molar-refractivity contribution in [3.05, 3.63) is 35.4 Å². The first-order chi connectivity index (χ1) is 10.9. The SMILES string of the molecule is CCCCCCCCCCCCCCc1cccc(CS)c1. The number of rotatable bonds is 14. The number of hydrogen-bond donors (Lipinski definition) is 1. The molecule has 1 aromatic carbocycles. The molecule has 0 unspecified atom stereocenters. The Hall–Kier alpha value is -0.430. The van der Waals surface area contributed by atoms with E-state index in [0.29, 0.717) is 0 Å². The van der Waals surface area contributed by atoms with E-state index in [1.807, 2.05) is 0 Å². The van der Waals surface area contributed by atoms with Gasteiger partial charge in [0.1, 0.15) is 0 Å². The second kappa shape index (κ2) is 14.2. The van der Waals surface area contributed by atoms with E-state index in [2.05, 4.69) is 43.8 Å². The van der Waals surface area contributed by atoms with Crippen LogP contribution in [0.15, 0.2) is 24.3 Å². The topological polar surface area (TPSA) is 0 Å². The fraction of sp³-hybridized carbons (Fsp3) is 0.714. The van der Waals surface area contributed by atoms with E-state index in [-0.39, 0.29) is 0 Å². The first-order valence-corrected chi connectivity index (χ1v) is 10.2. The number of benzene rings is 1. The molecule has 0 heterocycles. The van der Waals surface area contributed by atoms with E-state index in [1.54, 1.807) is 0 Å². The number of unbranched alkanes of at least 4 members (excludes halogenated alkanes) is 11. The minimum absolute atomic E-state index is 0.853. The summed E-state index contributed by atoms with van der Waals surface area (Å²) in [6, 6.07) is 8.90. The van der Waals surface area contributed by atoms with E-state index in [1.165, 1.54) is 94.6 Å². The molecule has 0 atom stereocenters. The predicted molar refractivity (Wildman–Crippen MR) is 104 cm³/mol. The molecule has 0 fully saturated rings. The van der Waals surface area contributed by atoms with E-state index < -0.39 is 0 Å². The molecule has 0 aliphatic rings. The molecule has 0 aliphatic carbocycles. The van der Waals surface area contributed by atoms with Crippen LogP contribution in [0.25, 0.3) is 0 Å². The quantitative estimate of drug-likeness (QED) is 0.268. The molecular formula is C21H36S. The minimum atomic E-state index is 0.853. The average Bonchev–Trinajstić information content (AvgIpc) is 2.56. The summed E-state index contributed by atoms with van der Waals surface area (Å²) in [6.45, 7) is 2.29. The normalized spacial score (nSPS) is 11.0. The van der Waals surface area contributed by atoms with Crippen LogP contribution in [0, 0.1) is 0 Å². The molecule has 126 valence electrons. The summed E-state index contributed by atoms with van der Waals surface area (Å²) in [5.74, 6) is 0.853. The highest BCUT2D eigenvalue weighted by Crippen LogP contribution is 2.14. The molecule has 0 bridgehead atoms. The van der Waals surface area contributed by atoms with Gasteiger partial charge in [0.15, 0.2) is 0 Å². The van der Waals surface area contributed by atoms with Crippen molar-refractivity contribution in [3.63, 3.8) is 0 Å². The van der Waals surface area contributed by atoms with Crippen molar-refractivity contribution in [2.45, 2.75) is 96.1 Å². The largest absolute Gasteiger partial charge is 0.175 e. The Kier molecular flexibility index (Phi) is 12.6. The third-order valence-electron chi connectivity index (χ3n) is 4.49. The molecular weight excluding hydrogens is 284 g/mol. The second-order valence-electron chi connectivity index (χ2n) is 6.62. The summed E-state index contributed by atoms with van der Waals surface area (Å²) in [4.78, 5) is 0. The Morgan fingerprint density at radius 1 is 0.682 bits per heavy atom. The van der Waals surface area contributed by atoms with Gasteiger partial charge >= 0.3 is 0 Å². The van der Waals surface area contributed by atoms with Crippen LogP contribution in [0.1, 0.15) is 95.1 Å². The Morgan fingerprint density at radius 2 is 1.18 bits per heavy atom. The van der Waals surface area contributed by atoms with Gasteiger partial charge in [-0.2, -0.15) is 12.6 Å². The molecule has 0 radical (unpaired) electrons. The second-order valence-corrected chi connectivity index (χ2v) is 6.93. The summed E-state index contributed by atoms with van der Waals surface area (Å²) in [5, 5.41) is 0. The Morgan fingerprint density at radius 3 is 1.73 bits per heavy atom. The van der Waals surface area contributed by atoms with E-state index in [0.717, 1.165) is 5.75 Å². The maximum atomic E-state index is 4.35. The molecule has 0 nitrogen and oxygen atoms in total. The maximum Gasteiger partial charge on any atom is 0.0154 e. The maximum absolute atomic E-state index is 4.35. The molecule has 0 aliphatic heterocycles. The van der Waals surface area contributed by atoms with Gasteiger partial charge in [0.05, 0.1) is 0 Å². The van der Waals surface area contributed by atoms with Gasteiger partial charge in [-0.25, -0.2) is 0 Å². The summed E-state index contributed by atoms with van der Waals surface area (Å²) < 4.78 is 0. The van der Waals surface area contributed by atoms with Gasteiger partial charge in [0, 0.05) is 5.75 Å². The molecule has 0 aromatic heterocycles. The summed E-state index contributed by atoms with van der Waals surface area (Å²) >= 11 is 4.35. The molecule has 22 heavy (non-hydrogen) atoms. The monoisotopic (exact) mass is 320 g/mol. The molecule has 0 N–H and O–H groups in total. The van der Waals surface area contributed by atoms with Crippen LogP contribution in [-0.4, -0.2) is 0 Å². The van der Waals surface area contributed by atoms with Crippen molar-refractivity contribution in [3.8, 4) is 0 Å². The van der Waals surface area contributed by atoms with E-state index in [9.17, 15) is 0 Å². The molecule has 1 heteroatoms. The smallest absolute Gasteiger partial charge is 0.0154 e. The van der Waals surface area contributed by atoms with Gasteiger partial charge in [-0.05, 0) is 24.0 Å². The van der Waals surface area contributed by atoms with Gasteiger partial charge in [-0.3, -0.25) is 0 Å². The van der Waals surface area contributed by atoms with Crippen LogP contribution < -0.4 is 0 Å². The van der Waals surface area contributed by atoms with Crippen molar-refractivity contribution < 1.29 is 0 Å². The van der Waals surface area contributed by atoms with Gasteiger partial charge in [0.2, 0.25) is 0 Å². The lowest BCUT2D eigenvalue weighted by molar-refractivity contribution is 0.544. The predicted octanol–water partition coefficient (Wildman–Crippen LogP) is 7.36. The fourth-order valence-electron chi connectivity index (χ4n) is 3.05. The van der Waals surface area contributed by atoms with Gasteiger partial charge in [-0.15, -0.1) is 0 Å². The van der Waals surface area contributed by atoms with Crippen molar-refractivity contribution in [2.24, 2.45) is 0 Å². The van der Waals surface area contributed by atoms with Gasteiger partial charge in [-0.1, -0.05) is 102 Å². The standard InChI is InChI=1S/C21H36S/c1-2-3-4-5-6-7-8-9-10-11-12-13-15-20-16-14-17-21(18-20)19-22/h14,16-18,22H,2-13,15,19H2,1H3. The zero-order valence-electron chi connectivity index (χ0n) is 14.7. The van der Waals surface area contributed by atoms with Crippen molar-refractivity contribution in [2.75, 3.05) is 0 Å². The van der Waals surface area contributed by atoms with E-state index >= 15 is 0 Å². The highest BCUT2D eigenvalue weighted by Gasteiger charge is 1.96. The Bertz CT molecular complexity index is 359.